The third-order valence-electron chi connectivity index (χ3n) is 2.51. The normalized spacial score (nSPS) is 20.2. The van der Waals surface area contributed by atoms with Gasteiger partial charge in [-0.05, 0) is 36.9 Å². The molecule has 1 heterocycles. The van der Waals surface area contributed by atoms with E-state index in [2.05, 4.69) is 42.5 Å². The van der Waals surface area contributed by atoms with Crippen LogP contribution >= 0.6 is 11.5 Å². The number of fused-ring (bicyclic) bond motifs is 1. The molecule has 2 rings (SSSR count). The predicted molar refractivity (Wildman–Crippen MR) is 67.9 cm³/mol. The molecule has 0 aromatic carbocycles. The molecule has 0 saturated carbocycles. The maximum absolute atomic E-state index is 4.50. The Bertz CT molecular complexity index is 531. The van der Waals surface area contributed by atoms with Crippen LogP contribution in [0.4, 0.5) is 0 Å². The summed E-state index contributed by atoms with van der Waals surface area (Å²) < 4.78 is 5.83. The average Bonchev–Trinajstić information content (AvgIpc) is 2.72. The van der Waals surface area contributed by atoms with Crippen molar-refractivity contribution >= 4 is 29.3 Å². The third kappa shape index (κ3) is 1.95. The summed E-state index contributed by atoms with van der Waals surface area (Å²) in [6.45, 7) is 6.35. The fourth-order valence-corrected chi connectivity index (χ4v) is 2.72. The second-order valence-corrected chi connectivity index (χ2v) is 4.68. The van der Waals surface area contributed by atoms with Crippen LogP contribution in [0.2, 0.25) is 0 Å². The minimum absolute atomic E-state index is 0.558. The lowest BCUT2D eigenvalue weighted by molar-refractivity contribution is 1.07. The summed E-state index contributed by atoms with van der Waals surface area (Å²) in [4.78, 5) is 0. The van der Waals surface area contributed by atoms with E-state index in [1.807, 2.05) is 13.0 Å². The lowest BCUT2D eigenvalue weighted by atomic mass is 10.1. The first kappa shape index (κ1) is 10.4. The van der Waals surface area contributed by atoms with Gasteiger partial charge in [0.1, 0.15) is 0 Å². The molecule has 15 heavy (non-hydrogen) atoms. The van der Waals surface area contributed by atoms with Gasteiger partial charge in [0.05, 0.1) is 10.2 Å². The average molecular weight is 217 g/mol. The van der Waals surface area contributed by atoms with Crippen LogP contribution in [0.25, 0.3) is 17.7 Å². The van der Waals surface area contributed by atoms with E-state index >= 15 is 0 Å². The molecular weight excluding hydrogens is 202 g/mol. The molecule has 78 valence electrons. The number of nitrogens with zero attached hydrogens (tertiary/aromatic N) is 1. The molecule has 0 radical (unpaired) electrons. The van der Waals surface area contributed by atoms with E-state index in [0.717, 1.165) is 5.69 Å². The molecule has 0 bridgehead atoms. The summed E-state index contributed by atoms with van der Waals surface area (Å²) >= 11 is 1.60. The van der Waals surface area contributed by atoms with Gasteiger partial charge in [-0.15, -0.1) is 0 Å². The van der Waals surface area contributed by atoms with E-state index in [-0.39, 0.29) is 0 Å². The van der Waals surface area contributed by atoms with Crippen molar-refractivity contribution in [2.45, 2.75) is 20.8 Å². The molecule has 1 unspecified atom stereocenters. The molecule has 0 N–H and O–H groups in total. The number of rotatable bonds is 2. The van der Waals surface area contributed by atoms with Gasteiger partial charge >= 0.3 is 0 Å². The standard InChI is InChI=1S/C13H15NS/c1-4-5-6-10(3)13-11-7-9(2)8-12(11)15-14-13/h4-9H,1-3H3/b5-4-,10-6+. The predicted octanol–water partition coefficient (Wildman–Crippen LogP) is 2.33. The Morgan fingerprint density at radius 1 is 1.47 bits per heavy atom. The van der Waals surface area contributed by atoms with Crippen molar-refractivity contribution in [1.82, 2.24) is 4.37 Å². The molecule has 1 aromatic rings. The number of allylic oxidation sites excluding steroid dienone is 4. The first-order chi connectivity index (χ1) is 7.22. The van der Waals surface area contributed by atoms with Crippen molar-refractivity contribution in [2.75, 3.05) is 0 Å². The maximum atomic E-state index is 4.50. The topological polar surface area (TPSA) is 12.9 Å². The van der Waals surface area contributed by atoms with Crippen LogP contribution in [-0.2, 0) is 0 Å². The summed E-state index contributed by atoms with van der Waals surface area (Å²) in [5.41, 5.74) is 2.39. The van der Waals surface area contributed by atoms with Gasteiger partial charge in [-0.1, -0.05) is 37.3 Å². The van der Waals surface area contributed by atoms with Crippen LogP contribution in [0.5, 0.6) is 0 Å². The van der Waals surface area contributed by atoms with Crippen LogP contribution < -0.4 is 9.75 Å². The summed E-state index contributed by atoms with van der Waals surface area (Å²) in [6, 6.07) is 0. The molecule has 1 atom stereocenters. The van der Waals surface area contributed by atoms with Gasteiger partial charge in [-0.2, -0.15) is 4.37 Å². The number of aromatic nitrogens is 1. The van der Waals surface area contributed by atoms with E-state index in [1.54, 1.807) is 11.5 Å². The fraction of sp³-hybridized carbons (Fsp3) is 0.308. The van der Waals surface area contributed by atoms with Gasteiger partial charge in [0, 0.05) is 5.22 Å². The highest BCUT2D eigenvalue weighted by atomic mass is 32.1. The summed E-state index contributed by atoms with van der Waals surface area (Å²) in [5.74, 6) is 0.558. The van der Waals surface area contributed by atoms with Crippen molar-refractivity contribution in [2.24, 2.45) is 5.92 Å². The van der Waals surface area contributed by atoms with E-state index < -0.39 is 0 Å². The van der Waals surface area contributed by atoms with Gasteiger partial charge in [-0.25, -0.2) is 0 Å². The van der Waals surface area contributed by atoms with E-state index in [1.165, 1.54) is 15.3 Å². The fourth-order valence-electron chi connectivity index (χ4n) is 1.74. The number of hydrogen-bond acceptors (Lipinski definition) is 2. The van der Waals surface area contributed by atoms with Gasteiger partial charge in [-0.3, -0.25) is 0 Å². The van der Waals surface area contributed by atoms with Crippen LogP contribution in [0, 0.1) is 5.92 Å². The first-order valence-electron chi connectivity index (χ1n) is 5.21. The zero-order valence-corrected chi connectivity index (χ0v) is 10.1. The Morgan fingerprint density at radius 2 is 2.27 bits per heavy atom. The monoisotopic (exact) mass is 217 g/mol. The second kappa shape index (κ2) is 4.15. The SMILES string of the molecule is C/C=C\C=C(/C)c1nsc2c1=CC(C)C=2. The molecule has 0 spiro atoms. The maximum Gasteiger partial charge on any atom is 0.0873 e. The minimum Gasteiger partial charge on any atom is -0.192 e. The number of hydrogen-bond donors (Lipinski definition) is 0. The molecular formula is C13H15NS. The van der Waals surface area contributed by atoms with Crippen molar-refractivity contribution in [3.8, 4) is 0 Å². The molecule has 0 aliphatic heterocycles. The molecule has 1 nitrogen and oxygen atoms in total. The minimum atomic E-state index is 0.558. The lowest BCUT2D eigenvalue weighted by Crippen LogP contribution is -2.17. The van der Waals surface area contributed by atoms with Gasteiger partial charge in [0.2, 0.25) is 0 Å². The van der Waals surface area contributed by atoms with Crippen LogP contribution in [0.1, 0.15) is 26.5 Å². The molecule has 1 aromatic heterocycles. The Labute approximate surface area is 94.3 Å². The molecule has 1 aliphatic rings. The Balaban J connectivity index is 2.50. The molecule has 2 heteroatoms. The van der Waals surface area contributed by atoms with Crippen molar-refractivity contribution in [3.63, 3.8) is 0 Å². The highest BCUT2D eigenvalue weighted by molar-refractivity contribution is 7.03. The Hall–Kier alpha value is -1.15. The lowest BCUT2D eigenvalue weighted by Gasteiger charge is -1.94. The van der Waals surface area contributed by atoms with Crippen LogP contribution in [0.15, 0.2) is 18.2 Å². The highest BCUT2D eigenvalue weighted by Gasteiger charge is 2.09. The van der Waals surface area contributed by atoms with E-state index in [0.29, 0.717) is 5.92 Å². The van der Waals surface area contributed by atoms with Gasteiger partial charge in [0.15, 0.2) is 0 Å². The summed E-state index contributed by atoms with van der Waals surface area (Å²) in [6.07, 6.45) is 10.8. The van der Waals surface area contributed by atoms with Crippen LogP contribution in [0.3, 0.4) is 0 Å². The quantitative estimate of drug-likeness (QED) is 0.693. The van der Waals surface area contributed by atoms with Crippen molar-refractivity contribution in [3.05, 3.63) is 33.7 Å². The molecule has 1 aliphatic carbocycles. The van der Waals surface area contributed by atoms with E-state index in [4.69, 9.17) is 0 Å². The first-order valence-corrected chi connectivity index (χ1v) is 5.99. The van der Waals surface area contributed by atoms with E-state index in [9.17, 15) is 0 Å². The molecule has 0 saturated heterocycles. The summed E-state index contributed by atoms with van der Waals surface area (Å²) in [7, 11) is 0. The zero-order valence-electron chi connectivity index (χ0n) is 9.32. The Morgan fingerprint density at radius 3 is 3.00 bits per heavy atom. The van der Waals surface area contributed by atoms with Crippen LogP contribution in [-0.4, -0.2) is 4.37 Å². The van der Waals surface area contributed by atoms with Gasteiger partial charge in [0.25, 0.3) is 0 Å². The van der Waals surface area contributed by atoms with Gasteiger partial charge < -0.3 is 0 Å². The molecule has 0 amide bonds. The molecule has 0 fully saturated rings. The second-order valence-electron chi connectivity index (χ2n) is 3.88. The largest absolute Gasteiger partial charge is 0.192 e. The smallest absolute Gasteiger partial charge is 0.0873 e. The summed E-state index contributed by atoms with van der Waals surface area (Å²) in [5, 5.41) is 1.32. The van der Waals surface area contributed by atoms with Crippen molar-refractivity contribution in [1.29, 1.82) is 0 Å². The highest BCUT2D eigenvalue weighted by Crippen LogP contribution is 2.10. The zero-order chi connectivity index (χ0) is 10.8. The Kier molecular flexibility index (Phi) is 2.87. The van der Waals surface area contributed by atoms with Crippen molar-refractivity contribution < 1.29 is 0 Å². The third-order valence-corrected chi connectivity index (χ3v) is 3.34.